The van der Waals surface area contributed by atoms with Crippen molar-refractivity contribution in [1.82, 2.24) is 10.3 Å². The van der Waals surface area contributed by atoms with E-state index in [0.717, 1.165) is 5.69 Å². The third-order valence-electron chi connectivity index (χ3n) is 3.06. The predicted octanol–water partition coefficient (Wildman–Crippen LogP) is 1.83. The Kier molecular flexibility index (Phi) is 5.44. The lowest BCUT2D eigenvalue weighted by Crippen LogP contribution is -2.50. The van der Waals surface area contributed by atoms with E-state index in [0.29, 0.717) is 24.5 Å². The van der Waals surface area contributed by atoms with Crippen molar-refractivity contribution in [2.45, 2.75) is 45.7 Å². The molecule has 0 saturated heterocycles. The SMILES string of the molecule is CCC(CC)(NCc1csc(NC(C)=O)n1)C(=O)O. The first kappa shape index (κ1) is 15.6. The molecule has 0 bridgehead atoms. The van der Waals surface area contributed by atoms with Gasteiger partial charge in [-0.25, -0.2) is 4.98 Å². The van der Waals surface area contributed by atoms with E-state index in [9.17, 15) is 14.7 Å². The maximum atomic E-state index is 11.3. The van der Waals surface area contributed by atoms with Gasteiger partial charge >= 0.3 is 5.97 Å². The van der Waals surface area contributed by atoms with Crippen molar-refractivity contribution in [2.75, 3.05) is 5.32 Å². The lowest BCUT2D eigenvalue weighted by atomic mass is 9.93. The Labute approximate surface area is 116 Å². The summed E-state index contributed by atoms with van der Waals surface area (Å²) in [6.07, 6.45) is 1.00. The zero-order valence-electron chi connectivity index (χ0n) is 11.3. The van der Waals surface area contributed by atoms with E-state index in [-0.39, 0.29) is 5.91 Å². The highest BCUT2D eigenvalue weighted by atomic mass is 32.1. The van der Waals surface area contributed by atoms with Crippen LogP contribution in [0.4, 0.5) is 5.13 Å². The number of aliphatic carboxylic acids is 1. The Morgan fingerprint density at radius 1 is 1.42 bits per heavy atom. The number of anilines is 1. The van der Waals surface area contributed by atoms with E-state index in [1.807, 2.05) is 13.8 Å². The monoisotopic (exact) mass is 285 g/mol. The van der Waals surface area contributed by atoms with Crippen molar-refractivity contribution < 1.29 is 14.7 Å². The Balaban J connectivity index is 2.67. The lowest BCUT2D eigenvalue weighted by molar-refractivity contribution is -0.145. The normalized spacial score (nSPS) is 11.3. The second-order valence-electron chi connectivity index (χ2n) is 4.27. The van der Waals surface area contributed by atoms with E-state index in [1.165, 1.54) is 18.3 Å². The average Bonchev–Trinajstić information content (AvgIpc) is 2.77. The zero-order chi connectivity index (χ0) is 14.5. The summed E-state index contributed by atoms with van der Waals surface area (Å²) >= 11 is 1.32. The van der Waals surface area contributed by atoms with Gasteiger partial charge < -0.3 is 10.4 Å². The average molecular weight is 285 g/mol. The Morgan fingerprint density at radius 3 is 2.53 bits per heavy atom. The molecule has 0 aliphatic carbocycles. The van der Waals surface area contributed by atoms with Crippen molar-refractivity contribution in [1.29, 1.82) is 0 Å². The molecule has 0 fully saturated rings. The second-order valence-corrected chi connectivity index (χ2v) is 5.13. The first-order valence-electron chi connectivity index (χ1n) is 6.14. The summed E-state index contributed by atoms with van der Waals surface area (Å²) in [5.74, 6) is -1.02. The number of hydrogen-bond acceptors (Lipinski definition) is 5. The molecular formula is C12H19N3O3S. The van der Waals surface area contributed by atoms with Crippen LogP contribution in [0.1, 0.15) is 39.3 Å². The van der Waals surface area contributed by atoms with Gasteiger partial charge in [-0.1, -0.05) is 13.8 Å². The number of nitrogens with zero attached hydrogens (tertiary/aromatic N) is 1. The smallest absolute Gasteiger partial charge is 0.323 e. The van der Waals surface area contributed by atoms with Gasteiger partial charge in [-0.3, -0.25) is 14.9 Å². The summed E-state index contributed by atoms with van der Waals surface area (Å²) in [6, 6.07) is 0. The number of aromatic nitrogens is 1. The first-order valence-corrected chi connectivity index (χ1v) is 7.02. The molecule has 0 atom stereocenters. The molecule has 0 radical (unpaired) electrons. The van der Waals surface area contributed by atoms with E-state index in [1.54, 1.807) is 5.38 Å². The number of nitrogens with one attached hydrogen (secondary N) is 2. The molecule has 7 heteroatoms. The van der Waals surface area contributed by atoms with Crippen LogP contribution in [-0.2, 0) is 16.1 Å². The van der Waals surface area contributed by atoms with Gasteiger partial charge in [0.25, 0.3) is 0 Å². The molecular weight excluding hydrogens is 266 g/mol. The minimum Gasteiger partial charge on any atom is -0.480 e. The fraction of sp³-hybridized carbons (Fsp3) is 0.583. The van der Waals surface area contributed by atoms with Crippen LogP contribution < -0.4 is 10.6 Å². The van der Waals surface area contributed by atoms with E-state index >= 15 is 0 Å². The van der Waals surface area contributed by atoms with E-state index in [2.05, 4.69) is 15.6 Å². The van der Waals surface area contributed by atoms with Crippen LogP contribution in [0.25, 0.3) is 0 Å². The van der Waals surface area contributed by atoms with Crippen LogP contribution >= 0.6 is 11.3 Å². The standard InChI is InChI=1S/C12H19N3O3S/c1-4-12(5-2,10(17)18)13-6-9-7-19-11(15-9)14-8(3)16/h7,13H,4-6H2,1-3H3,(H,17,18)(H,14,15,16). The summed E-state index contributed by atoms with van der Waals surface area (Å²) in [6.45, 7) is 5.47. The summed E-state index contributed by atoms with van der Waals surface area (Å²) in [4.78, 5) is 26.4. The van der Waals surface area contributed by atoms with Gasteiger partial charge in [0.15, 0.2) is 5.13 Å². The van der Waals surface area contributed by atoms with Crippen LogP contribution in [0.5, 0.6) is 0 Å². The molecule has 106 valence electrons. The highest BCUT2D eigenvalue weighted by molar-refractivity contribution is 7.13. The first-order chi connectivity index (χ1) is 8.93. The molecule has 1 rings (SSSR count). The molecule has 0 aromatic carbocycles. The number of carbonyl (C=O) groups excluding carboxylic acids is 1. The molecule has 0 aliphatic rings. The van der Waals surface area contributed by atoms with Gasteiger partial charge in [-0.2, -0.15) is 0 Å². The number of hydrogen-bond donors (Lipinski definition) is 3. The molecule has 1 amide bonds. The highest BCUT2D eigenvalue weighted by Gasteiger charge is 2.34. The Bertz CT molecular complexity index is 455. The summed E-state index contributed by atoms with van der Waals surface area (Å²) in [5, 5.41) is 17.3. The predicted molar refractivity (Wildman–Crippen MR) is 74.2 cm³/mol. The van der Waals surface area contributed by atoms with Gasteiger partial charge in [0, 0.05) is 18.8 Å². The fourth-order valence-electron chi connectivity index (χ4n) is 1.73. The summed E-state index contributed by atoms with van der Waals surface area (Å²) in [5.41, 5.74) is -0.195. The molecule has 0 unspecified atom stereocenters. The third kappa shape index (κ3) is 4.00. The maximum Gasteiger partial charge on any atom is 0.323 e. The van der Waals surface area contributed by atoms with Crippen molar-refractivity contribution >= 4 is 28.3 Å². The van der Waals surface area contributed by atoms with Crippen LogP contribution in [-0.4, -0.2) is 27.5 Å². The zero-order valence-corrected chi connectivity index (χ0v) is 12.1. The van der Waals surface area contributed by atoms with Crippen molar-refractivity contribution in [2.24, 2.45) is 0 Å². The molecule has 0 aliphatic heterocycles. The van der Waals surface area contributed by atoms with Gasteiger partial charge in [0.05, 0.1) is 5.69 Å². The quantitative estimate of drug-likeness (QED) is 0.711. The molecule has 3 N–H and O–H groups in total. The van der Waals surface area contributed by atoms with Gasteiger partial charge in [0.2, 0.25) is 5.91 Å². The van der Waals surface area contributed by atoms with Crippen molar-refractivity contribution in [3.8, 4) is 0 Å². The largest absolute Gasteiger partial charge is 0.480 e. The summed E-state index contributed by atoms with van der Waals surface area (Å²) < 4.78 is 0. The molecule has 1 aromatic heterocycles. The number of thiazole rings is 1. The number of carboxylic acid groups (broad SMARTS) is 1. The Morgan fingerprint density at radius 2 is 2.05 bits per heavy atom. The van der Waals surface area contributed by atoms with Gasteiger partial charge in [-0.15, -0.1) is 11.3 Å². The Hall–Kier alpha value is -1.47. The maximum absolute atomic E-state index is 11.3. The summed E-state index contributed by atoms with van der Waals surface area (Å²) in [7, 11) is 0. The van der Waals surface area contributed by atoms with E-state index in [4.69, 9.17) is 0 Å². The van der Waals surface area contributed by atoms with Crippen LogP contribution in [0.2, 0.25) is 0 Å². The van der Waals surface area contributed by atoms with Crippen LogP contribution in [0.3, 0.4) is 0 Å². The topological polar surface area (TPSA) is 91.3 Å². The molecule has 1 aromatic rings. The van der Waals surface area contributed by atoms with Gasteiger partial charge in [-0.05, 0) is 12.8 Å². The lowest BCUT2D eigenvalue weighted by Gasteiger charge is -2.27. The number of amides is 1. The number of carbonyl (C=O) groups is 2. The van der Waals surface area contributed by atoms with Crippen LogP contribution in [0.15, 0.2) is 5.38 Å². The number of rotatable bonds is 7. The molecule has 0 spiro atoms. The third-order valence-corrected chi connectivity index (χ3v) is 3.87. The molecule has 1 heterocycles. The fourth-order valence-corrected chi connectivity index (χ4v) is 2.49. The minimum absolute atomic E-state index is 0.171. The molecule has 6 nitrogen and oxygen atoms in total. The van der Waals surface area contributed by atoms with Crippen molar-refractivity contribution in [3.63, 3.8) is 0 Å². The van der Waals surface area contributed by atoms with Gasteiger partial charge in [0.1, 0.15) is 5.54 Å². The molecule has 0 saturated carbocycles. The van der Waals surface area contributed by atoms with E-state index < -0.39 is 11.5 Å². The minimum atomic E-state index is -0.919. The highest BCUT2D eigenvalue weighted by Crippen LogP contribution is 2.19. The second kappa shape index (κ2) is 6.63. The number of carboxylic acids is 1. The van der Waals surface area contributed by atoms with Crippen molar-refractivity contribution in [3.05, 3.63) is 11.1 Å². The van der Waals surface area contributed by atoms with Crippen LogP contribution in [0, 0.1) is 0 Å². The molecule has 19 heavy (non-hydrogen) atoms.